The summed E-state index contributed by atoms with van der Waals surface area (Å²) in [5.74, 6) is 0. The van der Waals surface area contributed by atoms with Crippen LogP contribution in [0.2, 0.25) is 0 Å². The van der Waals surface area contributed by atoms with Gasteiger partial charge in [0, 0.05) is 24.2 Å². The van der Waals surface area contributed by atoms with E-state index in [0.29, 0.717) is 0 Å². The summed E-state index contributed by atoms with van der Waals surface area (Å²) in [6.07, 6.45) is 4.61. The summed E-state index contributed by atoms with van der Waals surface area (Å²) >= 11 is 5.38. The highest BCUT2D eigenvalue weighted by Crippen LogP contribution is 2.35. The lowest BCUT2D eigenvalue weighted by Gasteiger charge is -2.30. The highest BCUT2D eigenvalue weighted by molar-refractivity contribution is 9.10. The molecule has 2 aromatic heterocycles. The first-order valence-electron chi connectivity index (χ1n) is 5.45. The van der Waals surface area contributed by atoms with Crippen molar-refractivity contribution in [3.63, 3.8) is 0 Å². The normalized spacial score (nSPS) is 14.8. The summed E-state index contributed by atoms with van der Waals surface area (Å²) in [5.41, 5.74) is 9.24. The fraction of sp³-hybridized carbons (Fsp3) is 0.250. The van der Waals surface area contributed by atoms with Crippen LogP contribution in [-0.2, 0) is 13.0 Å². The molecule has 1 aliphatic rings. The zero-order chi connectivity index (χ0) is 11.8. The molecule has 3 rings (SSSR count). The van der Waals surface area contributed by atoms with Crippen molar-refractivity contribution in [1.82, 2.24) is 4.98 Å². The summed E-state index contributed by atoms with van der Waals surface area (Å²) in [5, 5.41) is 2.17. The minimum absolute atomic E-state index is 0.734. The number of hydrogen-bond acceptors (Lipinski definition) is 4. The van der Waals surface area contributed by atoms with Crippen molar-refractivity contribution in [2.24, 2.45) is 0 Å². The Kier molecular flexibility index (Phi) is 2.80. The Bertz CT molecular complexity index is 532. The first kappa shape index (κ1) is 11.0. The van der Waals surface area contributed by atoms with Gasteiger partial charge in [-0.25, -0.2) is 0 Å². The maximum atomic E-state index is 6.02. The Labute approximate surface area is 112 Å². The van der Waals surface area contributed by atoms with Gasteiger partial charge in [-0.2, -0.15) is 0 Å². The zero-order valence-electron chi connectivity index (χ0n) is 9.19. The van der Waals surface area contributed by atoms with Gasteiger partial charge in [-0.15, -0.1) is 11.3 Å². The molecule has 3 heterocycles. The fourth-order valence-corrected chi connectivity index (χ4v) is 3.70. The fourth-order valence-electron chi connectivity index (χ4n) is 2.22. The Morgan fingerprint density at radius 2 is 2.29 bits per heavy atom. The second-order valence-corrected chi connectivity index (χ2v) is 5.95. The Morgan fingerprint density at radius 3 is 3.12 bits per heavy atom. The lowest BCUT2D eigenvalue weighted by Crippen LogP contribution is -2.30. The van der Waals surface area contributed by atoms with Crippen molar-refractivity contribution in [2.45, 2.75) is 13.0 Å². The van der Waals surface area contributed by atoms with E-state index in [1.807, 2.05) is 11.3 Å². The first-order valence-corrected chi connectivity index (χ1v) is 7.12. The van der Waals surface area contributed by atoms with Crippen LogP contribution in [0.5, 0.6) is 0 Å². The summed E-state index contributed by atoms with van der Waals surface area (Å²) in [7, 11) is 0. The molecular formula is C12H12BrN3S. The molecule has 1 aliphatic heterocycles. The number of nitrogen functional groups attached to an aromatic ring is 1. The van der Waals surface area contributed by atoms with E-state index in [0.717, 1.165) is 35.4 Å². The first-order chi connectivity index (χ1) is 8.25. The number of aromatic nitrogens is 1. The molecular weight excluding hydrogens is 298 g/mol. The number of hydrogen-bond donors (Lipinski definition) is 1. The third kappa shape index (κ3) is 1.93. The van der Waals surface area contributed by atoms with Crippen molar-refractivity contribution in [1.29, 1.82) is 0 Å². The minimum atomic E-state index is 0.734. The number of fused-ring (bicyclic) bond motifs is 1. The molecule has 2 aromatic rings. The van der Waals surface area contributed by atoms with Gasteiger partial charge in [0.05, 0.1) is 22.0 Å². The van der Waals surface area contributed by atoms with Crippen molar-refractivity contribution in [2.75, 3.05) is 17.2 Å². The van der Waals surface area contributed by atoms with Gasteiger partial charge in [-0.3, -0.25) is 4.98 Å². The van der Waals surface area contributed by atoms with Crippen molar-refractivity contribution < 1.29 is 0 Å². The number of halogens is 1. The van der Waals surface area contributed by atoms with Gasteiger partial charge in [0.25, 0.3) is 0 Å². The van der Waals surface area contributed by atoms with E-state index in [4.69, 9.17) is 5.73 Å². The van der Waals surface area contributed by atoms with Gasteiger partial charge < -0.3 is 10.6 Å². The largest absolute Gasteiger partial charge is 0.396 e. The quantitative estimate of drug-likeness (QED) is 0.880. The summed E-state index contributed by atoms with van der Waals surface area (Å²) in [6, 6.07) is 2.21. The highest BCUT2D eigenvalue weighted by Gasteiger charge is 2.20. The predicted octanol–water partition coefficient (Wildman–Crippen LogP) is 3.05. The molecule has 3 nitrogen and oxygen atoms in total. The molecule has 0 saturated carbocycles. The average molecular weight is 310 g/mol. The molecule has 0 radical (unpaired) electrons. The van der Waals surface area contributed by atoms with Gasteiger partial charge in [0.2, 0.25) is 0 Å². The van der Waals surface area contributed by atoms with Gasteiger partial charge >= 0.3 is 0 Å². The predicted molar refractivity (Wildman–Crippen MR) is 75.4 cm³/mol. The van der Waals surface area contributed by atoms with Gasteiger partial charge in [-0.05, 0) is 39.4 Å². The molecule has 0 amide bonds. The molecule has 0 fully saturated rings. The van der Waals surface area contributed by atoms with Crippen LogP contribution in [0.25, 0.3) is 0 Å². The smallest absolute Gasteiger partial charge is 0.0779 e. The molecule has 0 bridgehead atoms. The van der Waals surface area contributed by atoms with E-state index in [2.05, 4.69) is 37.3 Å². The van der Waals surface area contributed by atoms with E-state index in [1.54, 1.807) is 12.4 Å². The van der Waals surface area contributed by atoms with Crippen LogP contribution in [0, 0.1) is 0 Å². The standard InChI is InChI=1S/C12H12BrN3S/c13-9-5-15-6-10(14)12(9)16-3-1-11-8(7-16)2-4-17-11/h2,4-6H,1,3,7,14H2. The molecule has 5 heteroatoms. The van der Waals surface area contributed by atoms with Crippen LogP contribution in [-0.4, -0.2) is 11.5 Å². The number of rotatable bonds is 1. The summed E-state index contributed by atoms with van der Waals surface area (Å²) in [6.45, 7) is 1.95. The third-order valence-electron chi connectivity index (χ3n) is 3.03. The van der Waals surface area contributed by atoms with E-state index in [1.165, 1.54) is 10.4 Å². The van der Waals surface area contributed by atoms with Crippen molar-refractivity contribution in [3.05, 3.63) is 38.8 Å². The Hall–Kier alpha value is -1.07. The summed E-state index contributed by atoms with van der Waals surface area (Å²) < 4.78 is 0.969. The number of nitrogens with two attached hydrogens (primary N) is 1. The Balaban J connectivity index is 1.97. The molecule has 0 aliphatic carbocycles. The number of anilines is 2. The second-order valence-electron chi connectivity index (χ2n) is 4.10. The lowest BCUT2D eigenvalue weighted by molar-refractivity contribution is 0.742. The van der Waals surface area contributed by atoms with Crippen LogP contribution in [0.15, 0.2) is 28.3 Å². The molecule has 0 spiro atoms. The van der Waals surface area contributed by atoms with Crippen molar-refractivity contribution >= 4 is 38.6 Å². The monoisotopic (exact) mass is 309 g/mol. The molecule has 0 saturated heterocycles. The SMILES string of the molecule is Nc1cncc(Br)c1N1CCc2sccc2C1. The molecule has 88 valence electrons. The molecule has 2 N–H and O–H groups in total. The van der Waals surface area contributed by atoms with Gasteiger partial charge in [0.15, 0.2) is 0 Å². The highest BCUT2D eigenvalue weighted by atomic mass is 79.9. The van der Waals surface area contributed by atoms with Crippen LogP contribution in [0.4, 0.5) is 11.4 Å². The average Bonchev–Trinajstić information content (AvgIpc) is 2.76. The van der Waals surface area contributed by atoms with Crippen molar-refractivity contribution in [3.8, 4) is 0 Å². The van der Waals surface area contributed by atoms with E-state index >= 15 is 0 Å². The molecule has 0 unspecified atom stereocenters. The van der Waals surface area contributed by atoms with Crippen LogP contribution in [0.3, 0.4) is 0 Å². The summed E-state index contributed by atoms with van der Waals surface area (Å²) in [4.78, 5) is 7.90. The van der Waals surface area contributed by atoms with E-state index in [9.17, 15) is 0 Å². The number of thiophene rings is 1. The minimum Gasteiger partial charge on any atom is -0.396 e. The van der Waals surface area contributed by atoms with E-state index < -0.39 is 0 Å². The Morgan fingerprint density at radius 1 is 1.41 bits per heavy atom. The lowest BCUT2D eigenvalue weighted by atomic mass is 10.1. The van der Waals surface area contributed by atoms with Crippen LogP contribution in [0.1, 0.15) is 10.4 Å². The maximum Gasteiger partial charge on any atom is 0.0779 e. The van der Waals surface area contributed by atoms with Gasteiger partial charge in [-0.1, -0.05) is 0 Å². The maximum absolute atomic E-state index is 6.02. The topological polar surface area (TPSA) is 42.1 Å². The number of pyridine rings is 1. The van der Waals surface area contributed by atoms with E-state index in [-0.39, 0.29) is 0 Å². The zero-order valence-corrected chi connectivity index (χ0v) is 11.6. The molecule has 0 aromatic carbocycles. The van der Waals surface area contributed by atoms with Crippen LogP contribution >= 0.6 is 27.3 Å². The van der Waals surface area contributed by atoms with Crippen LogP contribution < -0.4 is 10.6 Å². The number of nitrogens with zero attached hydrogens (tertiary/aromatic N) is 2. The van der Waals surface area contributed by atoms with Gasteiger partial charge in [0.1, 0.15) is 0 Å². The third-order valence-corrected chi connectivity index (χ3v) is 4.63. The molecule has 0 atom stereocenters. The molecule has 17 heavy (non-hydrogen) atoms. The second kappa shape index (κ2) is 4.31.